The molecule has 24 heavy (non-hydrogen) atoms. The van der Waals surface area contributed by atoms with E-state index in [1.165, 1.54) is 4.57 Å². The summed E-state index contributed by atoms with van der Waals surface area (Å²) in [4.78, 5) is 27.3. The Bertz CT molecular complexity index is 913. The van der Waals surface area contributed by atoms with Gasteiger partial charge in [0.25, 0.3) is 5.89 Å². The summed E-state index contributed by atoms with van der Waals surface area (Å²) in [5.41, 5.74) is 1.45. The molecule has 9 heteroatoms. The van der Waals surface area contributed by atoms with Crippen LogP contribution in [0.25, 0.3) is 11.4 Å². The first-order valence-corrected chi connectivity index (χ1v) is 8.18. The summed E-state index contributed by atoms with van der Waals surface area (Å²) in [7, 11) is 0. The first-order valence-electron chi connectivity index (χ1n) is 6.92. The van der Waals surface area contributed by atoms with Gasteiger partial charge >= 0.3 is 10.8 Å². The third kappa shape index (κ3) is 3.72. The number of hydrogen-bond donors (Lipinski definition) is 0. The monoisotopic (exact) mass is 365 g/mol. The van der Waals surface area contributed by atoms with E-state index in [2.05, 4.69) is 10.1 Å². The highest BCUT2D eigenvalue weighted by Gasteiger charge is 2.13. The maximum atomic E-state index is 11.8. The molecule has 2 heterocycles. The molecule has 0 fully saturated rings. The van der Waals surface area contributed by atoms with E-state index in [0.717, 1.165) is 16.9 Å². The molecule has 0 aliphatic rings. The van der Waals surface area contributed by atoms with Crippen molar-refractivity contribution in [3.05, 3.63) is 55.9 Å². The summed E-state index contributed by atoms with van der Waals surface area (Å²) < 4.78 is 11.5. The molecule has 1 aromatic carbocycles. The minimum atomic E-state index is -0.551. The predicted octanol–water partition coefficient (Wildman–Crippen LogP) is 2.67. The number of ether oxygens (including phenoxy) is 1. The number of esters is 1. The minimum Gasteiger partial charge on any atom is -0.454 e. The van der Waals surface area contributed by atoms with Gasteiger partial charge in [-0.1, -0.05) is 28.1 Å². The zero-order valence-electron chi connectivity index (χ0n) is 12.6. The van der Waals surface area contributed by atoms with Gasteiger partial charge < -0.3 is 9.26 Å². The van der Waals surface area contributed by atoms with E-state index in [-0.39, 0.29) is 23.9 Å². The molecule has 0 aliphatic heterocycles. The molecule has 0 aliphatic carbocycles. The summed E-state index contributed by atoms with van der Waals surface area (Å²) in [6.45, 7) is 1.45. The highest BCUT2D eigenvalue weighted by atomic mass is 35.5. The van der Waals surface area contributed by atoms with Crippen LogP contribution in [-0.2, 0) is 22.7 Å². The van der Waals surface area contributed by atoms with Crippen LogP contribution in [0, 0.1) is 6.92 Å². The normalized spacial score (nSPS) is 10.8. The molecule has 0 N–H and O–H groups in total. The van der Waals surface area contributed by atoms with Crippen molar-refractivity contribution in [2.75, 3.05) is 0 Å². The van der Waals surface area contributed by atoms with E-state index in [9.17, 15) is 9.59 Å². The molecule has 0 bridgehead atoms. The Morgan fingerprint density at radius 1 is 1.38 bits per heavy atom. The number of halogens is 1. The van der Waals surface area contributed by atoms with Gasteiger partial charge in [-0.05, 0) is 31.2 Å². The number of rotatable bonds is 5. The molecule has 7 nitrogen and oxygen atoms in total. The summed E-state index contributed by atoms with van der Waals surface area (Å²) >= 11 is 6.86. The smallest absolute Gasteiger partial charge is 0.326 e. The van der Waals surface area contributed by atoms with Crippen LogP contribution in [0.5, 0.6) is 0 Å². The molecule has 2 aromatic heterocycles. The number of nitrogens with zero attached hydrogens (tertiary/aromatic N) is 3. The fourth-order valence-corrected chi connectivity index (χ4v) is 2.80. The predicted molar refractivity (Wildman–Crippen MR) is 87.9 cm³/mol. The van der Waals surface area contributed by atoms with Crippen LogP contribution >= 0.6 is 22.9 Å². The van der Waals surface area contributed by atoms with Crippen LogP contribution in [-0.4, -0.2) is 20.7 Å². The Labute approximate surface area is 145 Å². The van der Waals surface area contributed by atoms with Crippen molar-refractivity contribution < 1.29 is 14.1 Å². The van der Waals surface area contributed by atoms with Crippen molar-refractivity contribution in [2.24, 2.45) is 0 Å². The van der Waals surface area contributed by atoms with Crippen molar-refractivity contribution in [1.29, 1.82) is 0 Å². The van der Waals surface area contributed by atoms with Gasteiger partial charge in [0, 0.05) is 21.7 Å². The summed E-state index contributed by atoms with van der Waals surface area (Å²) in [5, 5.41) is 6.12. The standard InChI is InChI=1S/C15H12ClN3O4S/c1-9-8-24-15(21)19(9)6-13(20)22-7-12-17-14(18-23-12)10-2-4-11(16)5-3-10/h2-5,8H,6-7H2,1H3. The molecule has 0 atom stereocenters. The largest absolute Gasteiger partial charge is 0.454 e. The van der Waals surface area contributed by atoms with Crippen LogP contribution < -0.4 is 4.87 Å². The Morgan fingerprint density at radius 2 is 2.12 bits per heavy atom. The lowest BCUT2D eigenvalue weighted by molar-refractivity contribution is -0.146. The summed E-state index contributed by atoms with van der Waals surface area (Å²) in [6.07, 6.45) is 0. The topological polar surface area (TPSA) is 87.2 Å². The number of carbonyl (C=O) groups is 1. The van der Waals surface area contributed by atoms with Crippen molar-refractivity contribution in [3.63, 3.8) is 0 Å². The maximum absolute atomic E-state index is 11.8. The number of aryl methyl sites for hydroxylation is 1. The van der Waals surface area contributed by atoms with Crippen LogP contribution in [0.4, 0.5) is 0 Å². The fraction of sp³-hybridized carbons (Fsp3) is 0.200. The van der Waals surface area contributed by atoms with Gasteiger partial charge in [-0.15, -0.1) is 0 Å². The quantitative estimate of drug-likeness (QED) is 0.646. The average Bonchev–Trinajstić information content (AvgIpc) is 3.16. The molecule has 0 saturated heterocycles. The Balaban J connectivity index is 1.60. The van der Waals surface area contributed by atoms with Crippen LogP contribution in [0.1, 0.15) is 11.6 Å². The molecule has 0 amide bonds. The lowest BCUT2D eigenvalue weighted by Crippen LogP contribution is -2.22. The Morgan fingerprint density at radius 3 is 2.79 bits per heavy atom. The zero-order chi connectivity index (χ0) is 17.1. The number of hydrogen-bond acceptors (Lipinski definition) is 7. The maximum Gasteiger partial charge on any atom is 0.326 e. The van der Waals surface area contributed by atoms with Crippen LogP contribution in [0.15, 0.2) is 39.0 Å². The number of thiazole rings is 1. The van der Waals surface area contributed by atoms with Crippen molar-refractivity contribution in [3.8, 4) is 11.4 Å². The SMILES string of the molecule is Cc1csc(=O)n1CC(=O)OCc1nc(-c2ccc(Cl)cc2)no1. The lowest BCUT2D eigenvalue weighted by Gasteiger charge is -2.03. The molecule has 0 radical (unpaired) electrons. The zero-order valence-corrected chi connectivity index (χ0v) is 14.1. The van der Waals surface area contributed by atoms with Gasteiger partial charge in [-0.3, -0.25) is 14.2 Å². The van der Waals surface area contributed by atoms with Gasteiger partial charge in [0.05, 0.1) is 0 Å². The molecule has 3 aromatic rings. The van der Waals surface area contributed by atoms with Gasteiger partial charge in [0.2, 0.25) is 5.82 Å². The van der Waals surface area contributed by atoms with Gasteiger partial charge in [0.15, 0.2) is 6.61 Å². The van der Waals surface area contributed by atoms with E-state index in [4.69, 9.17) is 20.9 Å². The van der Waals surface area contributed by atoms with E-state index < -0.39 is 5.97 Å². The third-order valence-electron chi connectivity index (χ3n) is 3.19. The van der Waals surface area contributed by atoms with Crippen molar-refractivity contribution in [1.82, 2.24) is 14.7 Å². The lowest BCUT2D eigenvalue weighted by atomic mass is 10.2. The molecule has 3 rings (SSSR count). The summed E-state index contributed by atoms with van der Waals surface area (Å²) in [6, 6.07) is 6.95. The second kappa shape index (κ2) is 6.98. The third-order valence-corrected chi connectivity index (χ3v) is 4.32. The molecule has 124 valence electrons. The second-order valence-corrected chi connectivity index (χ2v) is 6.17. The Hall–Kier alpha value is -2.45. The Kier molecular flexibility index (Phi) is 4.77. The van der Waals surface area contributed by atoms with Crippen molar-refractivity contribution >= 4 is 28.9 Å². The molecule has 0 spiro atoms. The van der Waals surface area contributed by atoms with Crippen molar-refractivity contribution in [2.45, 2.75) is 20.1 Å². The molecular weight excluding hydrogens is 354 g/mol. The first-order chi connectivity index (χ1) is 11.5. The number of carbonyl (C=O) groups excluding carboxylic acids is 1. The van der Waals surface area contributed by atoms with Gasteiger partial charge in [-0.2, -0.15) is 4.98 Å². The average molecular weight is 366 g/mol. The number of aromatic nitrogens is 3. The highest BCUT2D eigenvalue weighted by Crippen LogP contribution is 2.18. The number of benzene rings is 1. The van der Waals surface area contributed by atoms with E-state index in [1.807, 2.05) is 0 Å². The van der Waals surface area contributed by atoms with E-state index >= 15 is 0 Å². The van der Waals surface area contributed by atoms with E-state index in [0.29, 0.717) is 16.5 Å². The second-order valence-electron chi connectivity index (χ2n) is 4.91. The summed E-state index contributed by atoms with van der Waals surface area (Å²) in [5.74, 6) is -0.00450. The van der Waals surface area contributed by atoms with E-state index in [1.54, 1.807) is 36.6 Å². The minimum absolute atomic E-state index is 0.146. The molecular formula is C15H12ClN3O4S. The van der Waals surface area contributed by atoms with Gasteiger partial charge in [0.1, 0.15) is 6.54 Å². The first kappa shape index (κ1) is 16.4. The van der Waals surface area contributed by atoms with Crippen LogP contribution in [0.2, 0.25) is 5.02 Å². The molecule has 0 saturated carbocycles. The fourth-order valence-electron chi connectivity index (χ4n) is 1.94. The highest BCUT2D eigenvalue weighted by molar-refractivity contribution is 7.07. The van der Waals surface area contributed by atoms with Crippen LogP contribution in [0.3, 0.4) is 0 Å². The van der Waals surface area contributed by atoms with Gasteiger partial charge in [-0.25, -0.2) is 0 Å². The molecule has 0 unspecified atom stereocenters.